The summed E-state index contributed by atoms with van der Waals surface area (Å²) < 4.78 is 10.9. The standard InChI is InChI=1S/C17H20N2O4/c1-10-15(12-9-11(22-2)6-7-14(12)23-10)17(21)19-13-5-3-4-8-18-16(13)20/h6-7,9,13H,3-5,8H2,1-2H3,(H,18,20)(H,19,21). The van der Waals surface area contributed by atoms with Crippen molar-refractivity contribution in [3.8, 4) is 5.75 Å². The summed E-state index contributed by atoms with van der Waals surface area (Å²) in [6, 6.07) is 4.83. The van der Waals surface area contributed by atoms with E-state index in [4.69, 9.17) is 9.15 Å². The minimum Gasteiger partial charge on any atom is -0.497 e. The Hall–Kier alpha value is -2.50. The molecular weight excluding hydrogens is 296 g/mol. The fourth-order valence-electron chi connectivity index (χ4n) is 2.92. The summed E-state index contributed by atoms with van der Waals surface area (Å²) >= 11 is 0. The van der Waals surface area contributed by atoms with E-state index in [1.54, 1.807) is 32.2 Å². The average Bonchev–Trinajstić information content (AvgIpc) is 2.74. The van der Waals surface area contributed by atoms with Crippen molar-refractivity contribution >= 4 is 22.8 Å². The normalized spacial score (nSPS) is 18.3. The average molecular weight is 316 g/mol. The highest BCUT2D eigenvalue weighted by Gasteiger charge is 2.26. The van der Waals surface area contributed by atoms with E-state index in [0.29, 0.717) is 41.0 Å². The molecule has 1 aromatic carbocycles. The Morgan fingerprint density at radius 1 is 1.39 bits per heavy atom. The van der Waals surface area contributed by atoms with Crippen molar-refractivity contribution in [3.05, 3.63) is 29.5 Å². The van der Waals surface area contributed by atoms with Crippen LogP contribution in [-0.4, -0.2) is 31.5 Å². The van der Waals surface area contributed by atoms with Crippen LogP contribution in [0.25, 0.3) is 11.0 Å². The van der Waals surface area contributed by atoms with E-state index < -0.39 is 6.04 Å². The maximum atomic E-state index is 12.7. The SMILES string of the molecule is COc1ccc2oc(C)c(C(=O)NC3CCCCNC3=O)c2c1. The second-order valence-corrected chi connectivity index (χ2v) is 5.71. The minimum absolute atomic E-state index is 0.126. The zero-order chi connectivity index (χ0) is 16.4. The van der Waals surface area contributed by atoms with Crippen LogP contribution in [0.4, 0.5) is 0 Å². The summed E-state index contributed by atoms with van der Waals surface area (Å²) in [6.45, 7) is 2.41. The Bertz CT molecular complexity index is 750. The third-order valence-corrected chi connectivity index (χ3v) is 4.14. The molecule has 2 amide bonds. The number of carbonyl (C=O) groups excluding carboxylic acids is 2. The van der Waals surface area contributed by atoms with Gasteiger partial charge >= 0.3 is 0 Å². The predicted molar refractivity (Wildman–Crippen MR) is 85.6 cm³/mol. The first-order valence-electron chi connectivity index (χ1n) is 7.76. The second kappa shape index (κ2) is 6.32. The molecule has 1 fully saturated rings. The quantitative estimate of drug-likeness (QED) is 0.909. The predicted octanol–water partition coefficient (Wildman–Crippen LogP) is 2.15. The van der Waals surface area contributed by atoms with E-state index in [-0.39, 0.29) is 11.8 Å². The molecule has 2 aromatic rings. The highest BCUT2D eigenvalue weighted by atomic mass is 16.5. The third kappa shape index (κ3) is 3.02. The van der Waals surface area contributed by atoms with Crippen molar-refractivity contribution in [2.75, 3.05) is 13.7 Å². The largest absolute Gasteiger partial charge is 0.497 e. The number of rotatable bonds is 3. The van der Waals surface area contributed by atoms with Crippen molar-refractivity contribution in [1.29, 1.82) is 0 Å². The van der Waals surface area contributed by atoms with E-state index in [2.05, 4.69) is 10.6 Å². The number of hydrogen-bond donors (Lipinski definition) is 2. The third-order valence-electron chi connectivity index (χ3n) is 4.14. The molecule has 1 aliphatic heterocycles. The van der Waals surface area contributed by atoms with Gasteiger partial charge < -0.3 is 19.8 Å². The van der Waals surface area contributed by atoms with Gasteiger partial charge in [-0.3, -0.25) is 9.59 Å². The Morgan fingerprint density at radius 3 is 3.00 bits per heavy atom. The molecule has 0 saturated carbocycles. The zero-order valence-corrected chi connectivity index (χ0v) is 13.3. The Balaban J connectivity index is 1.90. The van der Waals surface area contributed by atoms with E-state index in [0.717, 1.165) is 12.8 Å². The molecule has 6 heteroatoms. The number of aryl methyl sites for hydroxylation is 1. The highest BCUT2D eigenvalue weighted by molar-refractivity contribution is 6.08. The summed E-state index contributed by atoms with van der Waals surface area (Å²) in [5.41, 5.74) is 1.08. The van der Waals surface area contributed by atoms with E-state index in [1.807, 2.05) is 0 Å². The van der Waals surface area contributed by atoms with Crippen LogP contribution in [0, 0.1) is 6.92 Å². The van der Waals surface area contributed by atoms with Crippen LogP contribution in [0.15, 0.2) is 22.6 Å². The first kappa shape index (κ1) is 15.4. The van der Waals surface area contributed by atoms with Gasteiger partial charge in [0.2, 0.25) is 5.91 Å². The summed E-state index contributed by atoms with van der Waals surface area (Å²) in [6.07, 6.45) is 2.49. The summed E-state index contributed by atoms with van der Waals surface area (Å²) in [5, 5.41) is 6.34. The number of furan rings is 1. The molecule has 23 heavy (non-hydrogen) atoms. The van der Waals surface area contributed by atoms with E-state index in [9.17, 15) is 9.59 Å². The molecule has 0 radical (unpaired) electrons. The van der Waals surface area contributed by atoms with Crippen molar-refractivity contribution in [1.82, 2.24) is 10.6 Å². The number of ether oxygens (including phenoxy) is 1. The summed E-state index contributed by atoms with van der Waals surface area (Å²) in [4.78, 5) is 24.7. The van der Waals surface area contributed by atoms with E-state index in [1.165, 1.54) is 0 Å². The molecule has 1 aliphatic rings. The molecule has 1 atom stereocenters. The van der Waals surface area contributed by atoms with Gasteiger partial charge in [-0.15, -0.1) is 0 Å². The number of benzene rings is 1. The van der Waals surface area contributed by atoms with Gasteiger partial charge in [-0.25, -0.2) is 0 Å². The lowest BCUT2D eigenvalue weighted by molar-refractivity contribution is -0.122. The van der Waals surface area contributed by atoms with Crippen LogP contribution in [-0.2, 0) is 4.79 Å². The minimum atomic E-state index is -0.500. The highest BCUT2D eigenvalue weighted by Crippen LogP contribution is 2.29. The van der Waals surface area contributed by atoms with Crippen LogP contribution in [0.2, 0.25) is 0 Å². The molecule has 2 heterocycles. The summed E-state index contributed by atoms with van der Waals surface area (Å²) in [7, 11) is 1.57. The number of methoxy groups -OCH3 is 1. The van der Waals surface area contributed by atoms with Crippen molar-refractivity contribution in [3.63, 3.8) is 0 Å². The molecule has 0 bridgehead atoms. The number of nitrogens with one attached hydrogen (secondary N) is 2. The molecule has 1 unspecified atom stereocenters. The van der Waals surface area contributed by atoms with Crippen molar-refractivity contribution in [2.24, 2.45) is 0 Å². The van der Waals surface area contributed by atoms with Crippen LogP contribution >= 0.6 is 0 Å². The van der Waals surface area contributed by atoms with Crippen molar-refractivity contribution in [2.45, 2.75) is 32.2 Å². The fraction of sp³-hybridized carbons (Fsp3) is 0.412. The number of carbonyl (C=O) groups is 2. The van der Waals surface area contributed by atoms with Gasteiger partial charge in [-0.05, 0) is 44.4 Å². The summed E-state index contributed by atoms with van der Waals surface area (Å²) in [5.74, 6) is 0.759. The second-order valence-electron chi connectivity index (χ2n) is 5.71. The fourth-order valence-corrected chi connectivity index (χ4v) is 2.92. The van der Waals surface area contributed by atoms with Gasteiger partial charge in [0.15, 0.2) is 0 Å². The van der Waals surface area contributed by atoms with Gasteiger partial charge in [-0.2, -0.15) is 0 Å². The van der Waals surface area contributed by atoms with Gasteiger partial charge in [-0.1, -0.05) is 0 Å². The molecule has 0 spiro atoms. The Labute approximate surface area is 134 Å². The van der Waals surface area contributed by atoms with Crippen LogP contribution in [0.3, 0.4) is 0 Å². The topological polar surface area (TPSA) is 80.6 Å². The van der Waals surface area contributed by atoms with Gasteiger partial charge in [0.25, 0.3) is 5.91 Å². The maximum Gasteiger partial charge on any atom is 0.256 e. The molecular formula is C17H20N2O4. The molecule has 6 nitrogen and oxygen atoms in total. The lowest BCUT2D eigenvalue weighted by Gasteiger charge is -2.15. The van der Waals surface area contributed by atoms with Crippen molar-refractivity contribution < 1.29 is 18.7 Å². The number of amides is 2. The first-order chi connectivity index (χ1) is 11.1. The monoisotopic (exact) mass is 316 g/mol. The molecule has 3 rings (SSSR count). The number of hydrogen-bond acceptors (Lipinski definition) is 4. The molecule has 122 valence electrons. The zero-order valence-electron chi connectivity index (χ0n) is 13.3. The molecule has 0 aliphatic carbocycles. The van der Waals surface area contributed by atoms with Crippen LogP contribution in [0.1, 0.15) is 35.4 Å². The number of fused-ring (bicyclic) bond motifs is 1. The van der Waals surface area contributed by atoms with Crippen LogP contribution in [0.5, 0.6) is 5.75 Å². The van der Waals surface area contributed by atoms with Gasteiger partial charge in [0.05, 0.1) is 12.7 Å². The Morgan fingerprint density at radius 2 is 2.22 bits per heavy atom. The lowest BCUT2D eigenvalue weighted by atomic mass is 10.1. The first-order valence-corrected chi connectivity index (χ1v) is 7.76. The molecule has 1 saturated heterocycles. The smallest absolute Gasteiger partial charge is 0.256 e. The lowest BCUT2D eigenvalue weighted by Crippen LogP contribution is -2.45. The van der Waals surface area contributed by atoms with Gasteiger partial charge in [0.1, 0.15) is 23.1 Å². The molecule has 2 N–H and O–H groups in total. The van der Waals surface area contributed by atoms with Crippen LogP contribution < -0.4 is 15.4 Å². The van der Waals surface area contributed by atoms with Gasteiger partial charge in [0, 0.05) is 11.9 Å². The Kier molecular flexibility index (Phi) is 4.23. The maximum absolute atomic E-state index is 12.7. The molecule has 1 aromatic heterocycles. The van der Waals surface area contributed by atoms with E-state index >= 15 is 0 Å².